The summed E-state index contributed by atoms with van der Waals surface area (Å²) < 4.78 is 95.3. The second-order valence-electron chi connectivity index (χ2n) is 12.7. The van der Waals surface area contributed by atoms with Crippen LogP contribution in [0.5, 0.6) is 0 Å². The van der Waals surface area contributed by atoms with Gasteiger partial charge in [0.1, 0.15) is 17.2 Å². The first-order chi connectivity index (χ1) is 18.9. The number of halogens is 6. The highest BCUT2D eigenvalue weighted by Gasteiger charge is 2.78. The van der Waals surface area contributed by atoms with E-state index in [4.69, 9.17) is 0 Å². The molecule has 1 nitrogen and oxygen atoms in total. The van der Waals surface area contributed by atoms with Gasteiger partial charge in [-0.05, 0) is 54.2 Å². The number of rotatable bonds is 1. The van der Waals surface area contributed by atoms with Crippen LogP contribution in [0.15, 0.2) is 54.7 Å². The number of thiophene rings is 1. The number of hydrogen-bond donors (Lipinski definition) is 0. The highest BCUT2D eigenvalue weighted by Crippen LogP contribution is 2.67. The maximum atomic E-state index is 15.7. The SMILES string of the molecule is Cc1c(-c2c3sc4c5c(ccc4c3cc[n+]2C)C(F)(F)C(C)(C)C(F)(F)C5(F)F)cc(C(C)(C)C)c2ccccc12. The molecule has 2 heterocycles. The molecule has 0 amide bonds. The summed E-state index contributed by atoms with van der Waals surface area (Å²) in [5.41, 5.74) is -2.18. The van der Waals surface area contributed by atoms with Gasteiger partial charge in [0.15, 0.2) is 6.20 Å². The minimum atomic E-state index is -4.98. The fraction of sp³-hybridized carbons (Fsp3) is 0.364. The van der Waals surface area contributed by atoms with Crippen LogP contribution in [0, 0.1) is 12.3 Å². The lowest BCUT2D eigenvalue weighted by Gasteiger charge is -2.48. The molecular weight excluding hydrogens is 556 g/mol. The Labute approximate surface area is 238 Å². The Bertz CT molecular complexity index is 1910. The van der Waals surface area contributed by atoms with Crippen LogP contribution in [-0.2, 0) is 24.3 Å². The number of hydrogen-bond acceptors (Lipinski definition) is 1. The topological polar surface area (TPSA) is 3.88 Å². The van der Waals surface area contributed by atoms with Gasteiger partial charge in [0.25, 0.3) is 5.92 Å². The van der Waals surface area contributed by atoms with Gasteiger partial charge in [-0.3, -0.25) is 0 Å². The Hall–Kier alpha value is -3.13. The highest BCUT2D eigenvalue weighted by molar-refractivity contribution is 7.26. The van der Waals surface area contributed by atoms with Crippen molar-refractivity contribution in [2.45, 2.75) is 64.7 Å². The van der Waals surface area contributed by atoms with Crippen molar-refractivity contribution in [3.05, 3.63) is 77.0 Å². The first-order valence-electron chi connectivity index (χ1n) is 13.4. The number of alkyl halides is 6. The Balaban J connectivity index is 1.76. The minimum Gasteiger partial charge on any atom is -0.200 e. The maximum absolute atomic E-state index is 15.7. The predicted molar refractivity (Wildman–Crippen MR) is 153 cm³/mol. The fourth-order valence-corrected chi connectivity index (χ4v) is 7.77. The molecule has 2 aromatic heterocycles. The average molecular weight is 587 g/mol. The summed E-state index contributed by atoms with van der Waals surface area (Å²) in [6.07, 6.45) is 1.79. The van der Waals surface area contributed by atoms with Crippen LogP contribution in [0.25, 0.3) is 42.2 Å². The summed E-state index contributed by atoms with van der Waals surface area (Å²) in [4.78, 5) is 0. The van der Waals surface area contributed by atoms with E-state index in [1.165, 1.54) is 6.07 Å². The third-order valence-electron chi connectivity index (χ3n) is 8.92. The lowest BCUT2D eigenvalue weighted by molar-refractivity contribution is -0.659. The molecule has 0 atom stereocenters. The molecule has 0 bridgehead atoms. The van der Waals surface area contributed by atoms with Gasteiger partial charge in [0.05, 0.1) is 11.1 Å². The summed E-state index contributed by atoms with van der Waals surface area (Å²) >= 11 is 0.876. The van der Waals surface area contributed by atoms with E-state index >= 15 is 26.3 Å². The van der Waals surface area contributed by atoms with Crippen LogP contribution in [0.1, 0.15) is 56.9 Å². The third kappa shape index (κ3) is 3.40. The molecule has 8 heteroatoms. The van der Waals surface area contributed by atoms with Gasteiger partial charge in [-0.15, -0.1) is 11.3 Å². The van der Waals surface area contributed by atoms with E-state index in [2.05, 4.69) is 32.9 Å². The first kappa shape index (κ1) is 28.0. The molecule has 0 N–H and O–H groups in total. The summed E-state index contributed by atoms with van der Waals surface area (Å²) in [6, 6.07) is 14.2. The Morgan fingerprint density at radius 2 is 1.37 bits per heavy atom. The molecule has 5 aromatic rings. The van der Waals surface area contributed by atoms with Crippen molar-refractivity contribution in [3.63, 3.8) is 0 Å². The third-order valence-corrected chi connectivity index (χ3v) is 10.2. The van der Waals surface area contributed by atoms with Gasteiger partial charge < -0.3 is 0 Å². The van der Waals surface area contributed by atoms with Gasteiger partial charge in [0, 0.05) is 27.1 Å². The molecular formula is C33H30F6NS+. The molecule has 6 rings (SSSR count). The van der Waals surface area contributed by atoms with Crippen LogP contribution in [0.2, 0.25) is 0 Å². The Kier molecular flexibility index (Phi) is 5.63. The largest absolute Gasteiger partial charge is 0.338 e. The molecule has 0 saturated heterocycles. The highest BCUT2D eigenvalue weighted by atomic mass is 32.1. The van der Waals surface area contributed by atoms with Gasteiger partial charge in [-0.25, -0.2) is 8.78 Å². The number of aromatic nitrogens is 1. The molecule has 0 unspecified atom stereocenters. The quantitative estimate of drug-likeness (QED) is 0.136. The molecule has 0 spiro atoms. The first-order valence-corrected chi connectivity index (χ1v) is 14.2. The number of pyridine rings is 1. The summed E-state index contributed by atoms with van der Waals surface area (Å²) in [7, 11) is 1.83. The lowest BCUT2D eigenvalue weighted by atomic mass is 9.66. The number of nitrogens with zero attached hydrogens (tertiary/aromatic N) is 1. The van der Waals surface area contributed by atoms with E-state index < -0.39 is 34.3 Å². The van der Waals surface area contributed by atoms with E-state index in [1.807, 2.05) is 36.7 Å². The van der Waals surface area contributed by atoms with Crippen molar-refractivity contribution in [2.75, 3.05) is 0 Å². The van der Waals surface area contributed by atoms with Crippen molar-refractivity contribution < 1.29 is 30.9 Å². The second-order valence-corrected chi connectivity index (χ2v) is 13.7. The van der Waals surface area contributed by atoms with Crippen LogP contribution < -0.4 is 4.57 Å². The van der Waals surface area contributed by atoms with E-state index in [9.17, 15) is 0 Å². The zero-order valence-electron chi connectivity index (χ0n) is 23.8. The van der Waals surface area contributed by atoms with Gasteiger partial charge in [-0.1, -0.05) is 57.2 Å². The van der Waals surface area contributed by atoms with E-state index in [0.29, 0.717) is 29.6 Å². The Morgan fingerprint density at radius 1 is 0.756 bits per heavy atom. The molecule has 0 aliphatic heterocycles. The van der Waals surface area contributed by atoms with Gasteiger partial charge >= 0.3 is 11.8 Å². The molecule has 1 aliphatic carbocycles. The second kappa shape index (κ2) is 8.24. The molecule has 1 aliphatic rings. The van der Waals surface area contributed by atoms with Crippen molar-refractivity contribution in [1.29, 1.82) is 0 Å². The molecule has 41 heavy (non-hydrogen) atoms. The lowest BCUT2D eigenvalue weighted by Crippen LogP contribution is -2.60. The summed E-state index contributed by atoms with van der Waals surface area (Å²) in [6.45, 7) is 9.35. The number of fused-ring (bicyclic) bond motifs is 6. The van der Waals surface area contributed by atoms with Crippen LogP contribution in [0.3, 0.4) is 0 Å². The van der Waals surface area contributed by atoms with Crippen molar-refractivity contribution in [1.82, 2.24) is 0 Å². The minimum absolute atomic E-state index is 0.222. The van der Waals surface area contributed by atoms with Crippen molar-refractivity contribution in [3.8, 4) is 11.3 Å². The zero-order chi connectivity index (χ0) is 30.1. The van der Waals surface area contributed by atoms with Gasteiger partial charge in [0.2, 0.25) is 5.69 Å². The van der Waals surface area contributed by atoms with Crippen molar-refractivity contribution >= 4 is 42.3 Å². The van der Waals surface area contributed by atoms with E-state index in [-0.39, 0.29) is 15.5 Å². The Morgan fingerprint density at radius 3 is 2.00 bits per heavy atom. The van der Waals surface area contributed by atoms with E-state index in [1.54, 1.807) is 12.3 Å². The van der Waals surface area contributed by atoms with Crippen molar-refractivity contribution in [2.24, 2.45) is 12.5 Å². The molecule has 3 aromatic carbocycles. The standard InChI is InChI=1S/C33H30F6NS/c1-17-18-10-8-9-11-19(18)24(29(2,3)4)16-22(17)26-28-21(14-15-40(26)7)20-12-13-23-25(27(20)41-28)32(36,37)33(38,39)30(5,6)31(23,34)35/h8-16H,1-7H3/q+1. The summed E-state index contributed by atoms with van der Waals surface area (Å²) in [5.74, 6) is -14.0. The molecule has 0 fully saturated rings. The normalized spacial score (nSPS) is 19.1. The van der Waals surface area contributed by atoms with Crippen LogP contribution in [0.4, 0.5) is 26.3 Å². The van der Waals surface area contributed by atoms with E-state index in [0.717, 1.165) is 44.9 Å². The molecule has 0 radical (unpaired) electrons. The monoisotopic (exact) mass is 586 g/mol. The average Bonchev–Trinajstić information content (AvgIpc) is 3.25. The van der Waals surface area contributed by atoms with Gasteiger partial charge in [-0.2, -0.15) is 22.1 Å². The van der Waals surface area contributed by atoms with Crippen LogP contribution >= 0.6 is 11.3 Å². The molecule has 0 saturated carbocycles. The maximum Gasteiger partial charge on any atom is 0.338 e. The van der Waals surface area contributed by atoms with Crippen LogP contribution in [-0.4, -0.2) is 5.92 Å². The summed E-state index contributed by atoms with van der Waals surface area (Å²) in [5, 5.41) is 2.95. The fourth-order valence-electron chi connectivity index (χ4n) is 6.30. The zero-order valence-corrected chi connectivity index (χ0v) is 24.6. The number of aryl methyl sites for hydroxylation is 2. The number of benzene rings is 3. The predicted octanol–water partition coefficient (Wildman–Crippen LogP) is 10.2. The smallest absolute Gasteiger partial charge is 0.200 e. The molecule has 214 valence electrons.